The average Bonchev–Trinajstić information content (AvgIpc) is 3.22. The Morgan fingerprint density at radius 3 is 1.62 bits per heavy atom. The van der Waals surface area contributed by atoms with Crippen LogP contribution in [-0.2, 0) is 15.6 Å². The molecule has 56 heavy (non-hydrogen) atoms. The van der Waals surface area contributed by atoms with Gasteiger partial charge in [0.05, 0.1) is 11.4 Å². The summed E-state index contributed by atoms with van der Waals surface area (Å²) in [5.74, 6) is 0.381. The van der Waals surface area contributed by atoms with E-state index in [0.717, 1.165) is 28.7 Å². The zero-order valence-corrected chi connectivity index (χ0v) is 31.8. The topological polar surface area (TPSA) is 125 Å². The second-order valence-corrected chi connectivity index (χ2v) is 14.8. The molecule has 4 aromatic carbocycles. The Morgan fingerprint density at radius 1 is 0.643 bits per heavy atom. The fourth-order valence-corrected chi connectivity index (χ4v) is 6.09. The van der Waals surface area contributed by atoms with Gasteiger partial charge in [0, 0.05) is 59.4 Å². The van der Waals surface area contributed by atoms with E-state index in [4.69, 9.17) is 0 Å². The molecule has 2 aromatic heterocycles. The lowest BCUT2D eigenvalue weighted by Gasteiger charge is -2.25. The van der Waals surface area contributed by atoms with Crippen molar-refractivity contribution in [2.24, 2.45) is 0 Å². The molecule has 0 spiro atoms. The third-order valence-corrected chi connectivity index (χ3v) is 9.66. The van der Waals surface area contributed by atoms with Crippen molar-refractivity contribution in [3.63, 3.8) is 0 Å². The van der Waals surface area contributed by atoms with Crippen LogP contribution in [0.5, 0.6) is 0 Å². The number of rotatable bonds is 16. The highest BCUT2D eigenvalue weighted by molar-refractivity contribution is 5.95. The predicted molar refractivity (Wildman–Crippen MR) is 217 cm³/mol. The summed E-state index contributed by atoms with van der Waals surface area (Å²) in [4.78, 5) is 26.8. The van der Waals surface area contributed by atoms with Crippen molar-refractivity contribution in [3.05, 3.63) is 150 Å². The van der Waals surface area contributed by atoms with Gasteiger partial charge in [-0.1, -0.05) is 76.2 Å². The van der Waals surface area contributed by atoms with E-state index >= 15 is 0 Å². The highest BCUT2D eigenvalue weighted by Crippen LogP contribution is 2.27. The van der Waals surface area contributed by atoms with E-state index < -0.39 is 0 Å². The summed E-state index contributed by atoms with van der Waals surface area (Å²) in [5.41, 5.74) is 5.32. The zero-order valence-electron chi connectivity index (χ0n) is 31.8. The van der Waals surface area contributed by atoms with Gasteiger partial charge in [0.1, 0.15) is 23.3 Å². The molecule has 6 aromatic rings. The Labute approximate surface area is 325 Å². The number of nitrogens with zero attached hydrogens (tertiary/aromatic N) is 5. The van der Waals surface area contributed by atoms with Gasteiger partial charge >= 0.3 is 0 Å². The van der Waals surface area contributed by atoms with Crippen LogP contribution in [-0.4, -0.2) is 58.9 Å². The lowest BCUT2D eigenvalue weighted by atomic mass is 9.84. The van der Waals surface area contributed by atoms with E-state index in [-0.39, 0.29) is 41.5 Å². The SMILES string of the molecule is CC(C)(CNc1ccc(-c2cccc(C(=O)NCCN(C=O)c3cccc(-c4ccc(NCC(C)(C)c5ccc(F)cc5)nn4)c3)c2)nn1)c1ccc(F)cc1. The van der Waals surface area contributed by atoms with Crippen molar-refractivity contribution >= 4 is 29.6 Å². The lowest BCUT2D eigenvalue weighted by Crippen LogP contribution is -2.34. The summed E-state index contributed by atoms with van der Waals surface area (Å²) < 4.78 is 26.8. The third-order valence-electron chi connectivity index (χ3n) is 9.66. The molecular formula is C44H44F2N8O2. The van der Waals surface area contributed by atoms with Crippen LogP contribution >= 0.6 is 0 Å². The van der Waals surface area contributed by atoms with E-state index in [1.165, 1.54) is 29.2 Å². The molecule has 3 N–H and O–H groups in total. The number of carbonyl (C=O) groups is 2. The Kier molecular flexibility index (Phi) is 12.1. The molecule has 2 amide bonds. The molecule has 0 saturated heterocycles. The molecule has 0 aliphatic heterocycles. The first-order chi connectivity index (χ1) is 26.9. The molecule has 0 fully saturated rings. The molecule has 12 heteroatoms. The van der Waals surface area contributed by atoms with Crippen molar-refractivity contribution in [1.29, 1.82) is 0 Å². The number of aromatic nitrogens is 4. The summed E-state index contributed by atoms with van der Waals surface area (Å²) in [7, 11) is 0. The summed E-state index contributed by atoms with van der Waals surface area (Å²) in [6, 6.07) is 34.8. The second kappa shape index (κ2) is 17.3. The monoisotopic (exact) mass is 754 g/mol. The minimum atomic E-state index is -0.286. The molecule has 0 aliphatic carbocycles. The van der Waals surface area contributed by atoms with E-state index in [2.05, 4.69) is 64.0 Å². The Hall–Kier alpha value is -6.56. The van der Waals surface area contributed by atoms with Gasteiger partial charge in [-0.2, -0.15) is 0 Å². The fourth-order valence-electron chi connectivity index (χ4n) is 6.09. The van der Waals surface area contributed by atoms with Gasteiger partial charge in [-0.3, -0.25) is 9.59 Å². The summed E-state index contributed by atoms with van der Waals surface area (Å²) in [6.07, 6.45) is 0.731. The van der Waals surface area contributed by atoms with Crippen molar-refractivity contribution < 1.29 is 18.4 Å². The second-order valence-electron chi connectivity index (χ2n) is 14.8. The Bertz CT molecular complexity index is 2250. The number of hydrogen-bond donors (Lipinski definition) is 3. The van der Waals surface area contributed by atoms with Crippen LogP contribution in [0.25, 0.3) is 22.5 Å². The van der Waals surface area contributed by atoms with E-state index in [0.29, 0.717) is 47.4 Å². The smallest absolute Gasteiger partial charge is 0.251 e. The minimum absolute atomic E-state index is 0.217. The van der Waals surface area contributed by atoms with E-state index in [1.807, 2.05) is 54.6 Å². The zero-order chi connectivity index (χ0) is 39.7. The quantitative estimate of drug-likeness (QED) is 0.0849. The number of nitrogens with one attached hydrogen (secondary N) is 3. The molecule has 286 valence electrons. The maximum Gasteiger partial charge on any atom is 0.251 e. The van der Waals surface area contributed by atoms with Gasteiger partial charge in [0.25, 0.3) is 5.91 Å². The molecule has 0 atom stereocenters. The standard InChI is InChI=1S/C44H44F2N8O2/c1-43(2,33-11-15-35(45)16-12-33)27-48-40-21-19-38(50-52-40)30-7-5-9-32(25-30)42(56)47-23-24-54(29-55)37-10-6-8-31(26-37)39-20-22-41(53-51-39)49-28-44(3,4)34-13-17-36(46)18-14-34/h5-22,25-26,29H,23-24,27-28H2,1-4H3,(H,47,56)(H,48,52)(H,49,53). The molecule has 2 heterocycles. The molecule has 0 saturated carbocycles. The number of anilines is 3. The van der Waals surface area contributed by atoms with Crippen molar-refractivity contribution in [3.8, 4) is 22.5 Å². The number of carbonyl (C=O) groups excluding carboxylic acids is 2. The average molecular weight is 755 g/mol. The highest BCUT2D eigenvalue weighted by Gasteiger charge is 2.22. The van der Waals surface area contributed by atoms with Crippen molar-refractivity contribution in [2.45, 2.75) is 38.5 Å². The summed E-state index contributed by atoms with van der Waals surface area (Å²) in [5, 5.41) is 27.0. The minimum Gasteiger partial charge on any atom is -0.368 e. The molecule has 6 rings (SSSR count). The van der Waals surface area contributed by atoms with Crippen LogP contribution in [0.2, 0.25) is 0 Å². The highest BCUT2D eigenvalue weighted by atomic mass is 19.1. The first-order valence-electron chi connectivity index (χ1n) is 18.3. The van der Waals surface area contributed by atoms with Crippen LogP contribution in [0, 0.1) is 11.6 Å². The van der Waals surface area contributed by atoms with Crippen LogP contribution in [0.1, 0.15) is 49.2 Å². The lowest BCUT2D eigenvalue weighted by molar-refractivity contribution is -0.107. The van der Waals surface area contributed by atoms with Crippen molar-refractivity contribution in [1.82, 2.24) is 25.7 Å². The summed E-state index contributed by atoms with van der Waals surface area (Å²) in [6.45, 7) is 9.87. The van der Waals surface area contributed by atoms with Gasteiger partial charge in [0.2, 0.25) is 6.41 Å². The third kappa shape index (κ3) is 9.94. The number of hydrogen-bond acceptors (Lipinski definition) is 8. The maximum atomic E-state index is 13.4. The normalized spacial score (nSPS) is 11.5. The van der Waals surface area contributed by atoms with Gasteiger partial charge in [0.15, 0.2) is 0 Å². The van der Waals surface area contributed by atoms with Crippen molar-refractivity contribution in [2.75, 3.05) is 41.7 Å². The van der Waals surface area contributed by atoms with Gasteiger partial charge in [-0.25, -0.2) is 8.78 Å². The summed E-state index contributed by atoms with van der Waals surface area (Å²) >= 11 is 0. The number of halogens is 2. The predicted octanol–water partition coefficient (Wildman–Crippen LogP) is 8.05. The number of benzene rings is 4. The first kappa shape index (κ1) is 39.1. The van der Waals surface area contributed by atoms with Gasteiger partial charge in [-0.15, -0.1) is 20.4 Å². The largest absolute Gasteiger partial charge is 0.368 e. The van der Waals surface area contributed by atoms with Gasteiger partial charge < -0.3 is 20.9 Å². The molecule has 10 nitrogen and oxygen atoms in total. The Morgan fingerprint density at radius 2 is 1.14 bits per heavy atom. The number of amides is 2. The van der Waals surface area contributed by atoms with E-state index in [1.54, 1.807) is 42.5 Å². The fraction of sp³-hybridized carbons (Fsp3) is 0.227. The molecule has 0 radical (unpaired) electrons. The van der Waals surface area contributed by atoms with Crippen LogP contribution in [0.15, 0.2) is 121 Å². The van der Waals surface area contributed by atoms with Gasteiger partial charge in [-0.05, 0) is 83.9 Å². The Balaban J connectivity index is 1.00. The first-order valence-corrected chi connectivity index (χ1v) is 18.3. The molecule has 0 aliphatic rings. The molecule has 0 bridgehead atoms. The van der Waals surface area contributed by atoms with Crippen LogP contribution in [0.4, 0.5) is 26.1 Å². The van der Waals surface area contributed by atoms with Crippen LogP contribution in [0.3, 0.4) is 0 Å². The van der Waals surface area contributed by atoms with Crippen LogP contribution < -0.4 is 20.9 Å². The maximum absolute atomic E-state index is 13.4. The molecule has 0 unspecified atom stereocenters. The molecular weight excluding hydrogens is 711 g/mol. The van der Waals surface area contributed by atoms with E-state index in [9.17, 15) is 18.4 Å².